The van der Waals surface area contributed by atoms with E-state index in [1.807, 2.05) is 12.4 Å². The monoisotopic (exact) mass is 194 g/mol. The van der Waals surface area contributed by atoms with Crippen LogP contribution in [0.4, 0.5) is 0 Å². The van der Waals surface area contributed by atoms with Crippen LogP contribution in [-0.4, -0.2) is 41.3 Å². The first-order chi connectivity index (χ1) is 6.75. The van der Waals surface area contributed by atoms with Crippen molar-refractivity contribution in [1.29, 1.82) is 0 Å². The van der Waals surface area contributed by atoms with E-state index in [0.29, 0.717) is 6.04 Å². The van der Waals surface area contributed by atoms with E-state index in [-0.39, 0.29) is 0 Å². The number of hydrogen-bond donors (Lipinski definition) is 2. The third-order valence-corrected chi connectivity index (χ3v) is 2.92. The van der Waals surface area contributed by atoms with Gasteiger partial charge in [0, 0.05) is 37.4 Å². The fraction of sp³-hybridized carbons (Fsp3) is 0.700. The highest BCUT2D eigenvalue weighted by molar-refractivity contribution is 5.02. The fourth-order valence-corrected chi connectivity index (χ4v) is 2.10. The van der Waals surface area contributed by atoms with Gasteiger partial charge < -0.3 is 10.2 Å². The molecule has 2 atom stereocenters. The lowest BCUT2D eigenvalue weighted by atomic mass is 10.1. The maximum Gasteiger partial charge on any atom is 0.0532 e. The normalized spacial score (nSPS) is 28.4. The van der Waals surface area contributed by atoms with Gasteiger partial charge in [0.05, 0.1) is 6.20 Å². The van der Waals surface area contributed by atoms with E-state index in [4.69, 9.17) is 0 Å². The Morgan fingerprint density at radius 3 is 3.07 bits per heavy atom. The van der Waals surface area contributed by atoms with Crippen LogP contribution < -0.4 is 5.32 Å². The van der Waals surface area contributed by atoms with E-state index in [9.17, 15) is 0 Å². The van der Waals surface area contributed by atoms with E-state index in [2.05, 4.69) is 34.4 Å². The predicted molar refractivity (Wildman–Crippen MR) is 55.9 cm³/mol. The van der Waals surface area contributed by atoms with E-state index < -0.39 is 0 Å². The van der Waals surface area contributed by atoms with Gasteiger partial charge in [-0.3, -0.25) is 5.10 Å². The fourth-order valence-electron chi connectivity index (χ4n) is 2.10. The van der Waals surface area contributed by atoms with Crippen molar-refractivity contribution in [2.45, 2.75) is 19.5 Å². The summed E-state index contributed by atoms with van der Waals surface area (Å²) < 4.78 is 0. The van der Waals surface area contributed by atoms with E-state index in [1.54, 1.807) is 0 Å². The number of aromatic amines is 1. The number of likely N-dealkylation sites (tertiary alicyclic amines) is 1. The Labute approximate surface area is 84.7 Å². The van der Waals surface area contributed by atoms with Crippen LogP contribution in [0.15, 0.2) is 12.4 Å². The molecule has 4 nitrogen and oxygen atoms in total. The van der Waals surface area contributed by atoms with Crippen LogP contribution in [0.5, 0.6) is 0 Å². The molecule has 0 radical (unpaired) electrons. The molecule has 1 aliphatic heterocycles. The Morgan fingerprint density at radius 2 is 2.50 bits per heavy atom. The lowest BCUT2D eigenvalue weighted by Gasteiger charge is -2.15. The minimum absolute atomic E-state index is 0.620. The van der Waals surface area contributed by atoms with Crippen molar-refractivity contribution in [3.05, 3.63) is 18.0 Å². The first-order valence-corrected chi connectivity index (χ1v) is 5.15. The molecule has 0 bridgehead atoms. The second kappa shape index (κ2) is 4.11. The van der Waals surface area contributed by atoms with E-state index in [1.165, 1.54) is 12.1 Å². The van der Waals surface area contributed by atoms with Crippen LogP contribution in [0.3, 0.4) is 0 Å². The van der Waals surface area contributed by atoms with E-state index in [0.717, 1.165) is 19.0 Å². The largest absolute Gasteiger partial charge is 0.308 e. The van der Waals surface area contributed by atoms with Crippen LogP contribution >= 0.6 is 0 Å². The zero-order valence-corrected chi connectivity index (χ0v) is 8.83. The Morgan fingerprint density at radius 1 is 1.64 bits per heavy atom. The standard InChI is InChI=1S/C10H18N4/c1-8-6-14(2)7-10(8)11-3-9-4-12-13-5-9/h4-5,8,10-11H,3,6-7H2,1-2H3,(H,12,13). The summed E-state index contributed by atoms with van der Waals surface area (Å²) in [6.07, 6.45) is 3.81. The molecule has 2 heterocycles. The lowest BCUT2D eigenvalue weighted by molar-refractivity contribution is 0.396. The zero-order chi connectivity index (χ0) is 9.97. The molecule has 1 aromatic heterocycles. The van der Waals surface area contributed by atoms with Gasteiger partial charge in [0.25, 0.3) is 0 Å². The van der Waals surface area contributed by atoms with Crippen molar-refractivity contribution >= 4 is 0 Å². The maximum absolute atomic E-state index is 3.93. The number of nitrogens with zero attached hydrogens (tertiary/aromatic N) is 2. The van der Waals surface area contributed by atoms with Crippen molar-refractivity contribution < 1.29 is 0 Å². The van der Waals surface area contributed by atoms with Gasteiger partial charge in [-0.2, -0.15) is 5.10 Å². The third kappa shape index (κ3) is 2.13. The Kier molecular flexibility index (Phi) is 2.84. The Balaban J connectivity index is 1.81. The predicted octanol–water partition coefficient (Wildman–Crippen LogP) is 0.449. The summed E-state index contributed by atoms with van der Waals surface area (Å²) in [5, 5.41) is 10.3. The molecule has 1 aromatic rings. The molecule has 2 unspecified atom stereocenters. The maximum atomic E-state index is 3.93. The molecule has 0 amide bonds. The zero-order valence-electron chi connectivity index (χ0n) is 8.83. The molecule has 14 heavy (non-hydrogen) atoms. The number of rotatable bonds is 3. The molecular formula is C10H18N4. The number of hydrogen-bond acceptors (Lipinski definition) is 3. The molecule has 1 aliphatic rings. The smallest absolute Gasteiger partial charge is 0.0532 e. The third-order valence-electron chi connectivity index (χ3n) is 2.92. The Hall–Kier alpha value is -0.870. The summed E-state index contributed by atoms with van der Waals surface area (Å²) in [5.74, 6) is 0.743. The van der Waals surface area contributed by atoms with Crippen molar-refractivity contribution in [3.63, 3.8) is 0 Å². The van der Waals surface area contributed by atoms with Gasteiger partial charge >= 0.3 is 0 Å². The molecule has 1 saturated heterocycles. The summed E-state index contributed by atoms with van der Waals surface area (Å²) in [7, 11) is 2.18. The molecule has 0 aromatic carbocycles. The summed E-state index contributed by atoms with van der Waals surface area (Å²) >= 11 is 0. The second-order valence-corrected chi connectivity index (χ2v) is 4.29. The first kappa shape index (κ1) is 9.68. The Bertz CT molecular complexity index is 270. The van der Waals surface area contributed by atoms with Crippen LogP contribution in [-0.2, 0) is 6.54 Å². The van der Waals surface area contributed by atoms with Gasteiger partial charge in [0.15, 0.2) is 0 Å². The minimum Gasteiger partial charge on any atom is -0.308 e. The molecular weight excluding hydrogens is 176 g/mol. The minimum atomic E-state index is 0.620. The molecule has 0 saturated carbocycles. The van der Waals surface area contributed by atoms with Crippen LogP contribution in [0.25, 0.3) is 0 Å². The lowest BCUT2D eigenvalue weighted by Crippen LogP contribution is -2.34. The highest BCUT2D eigenvalue weighted by Gasteiger charge is 2.26. The highest BCUT2D eigenvalue weighted by Crippen LogP contribution is 2.14. The van der Waals surface area contributed by atoms with Gasteiger partial charge in [-0.05, 0) is 13.0 Å². The summed E-state index contributed by atoms with van der Waals surface area (Å²) in [6.45, 7) is 5.57. The number of H-pyrrole nitrogens is 1. The molecule has 1 fully saturated rings. The number of nitrogens with one attached hydrogen (secondary N) is 2. The first-order valence-electron chi connectivity index (χ1n) is 5.15. The second-order valence-electron chi connectivity index (χ2n) is 4.29. The van der Waals surface area contributed by atoms with Crippen molar-refractivity contribution in [2.24, 2.45) is 5.92 Å². The van der Waals surface area contributed by atoms with Crippen molar-refractivity contribution in [1.82, 2.24) is 20.4 Å². The average Bonchev–Trinajstić information content (AvgIpc) is 2.72. The molecule has 2 N–H and O–H groups in total. The van der Waals surface area contributed by atoms with Crippen LogP contribution in [0.1, 0.15) is 12.5 Å². The number of likely N-dealkylation sites (N-methyl/N-ethyl adjacent to an activating group) is 1. The molecule has 0 spiro atoms. The molecule has 2 rings (SSSR count). The summed E-state index contributed by atoms with van der Waals surface area (Å²) in [4.78, 5) is 2.37. The molecule has 78 valence electrons. The van der Waals surface area contributed by atoms with Crippen LogP contribution in [0, 0.1) is 5.92 Å². The highest BCUT2D eigenvalue weighted by atomic mass is 15.2. The van der Waals surface area contributed by atoms with Crippen molar-refractivity contribution in [3.8, 4) is 0 Å². The van der Waals surface area contributed by atoms with Gasteiger partial charge in [-0.15, -0.1) is 0 Å². The molecule has 4 heteroatoms. The average molecular weight is 194 g/mol. The summed E-state index contributed by atoms with van der Waals surface area (Å²) in [6, 6.07) is 0.620. The summed E-state index contributed by atoms with van der Waals surface area (Å²) in [5.41, 5.74) is 1.23. The van der Waals surface area contributed by atoms with Gasteiger partial charge in [0.2, 0.25) is 0 Å². The van der Waals surface area contributed by atoms with Gasteiger partial charge in [-0.25, -0.2) is 0 Å². The SMILES string of the molecule is CC1CN(C)CC1NCc1cn[nH]c1. The van der Waals surface area contributed by atoms with Gasteiger partial charge in [-0.1, -0.05) is 6.92 Å². The quantitative estimate of drug-likeness (QED) is 0.734. The molecule has 0 aliphatic carbocycles. The number of aromatic nitrogens is 2. The topological polar surface area (TPSA) is 44.0 Å². The van der Waals surface area contributed by atoms with Crippen molar-refractivity contribution in [2.75, 3.05) is 20.1 Å². The van der Waals surface area contributed by atoms with Gasteiger partial charge in [0.1, 0.15) is 0 Å². The van der Waals surface area contributed by atoms with Crippen LogP contribution in [0.2, 0.25) is 0 Å². The van der Waals surface area contributed by atoms with E-state index >= 15 is 0 Å².